The van der Waals surface area contributed by atoms with Gasteiger partial charge in [0.05, 0.1) is 20.1 Å². The number of benzene rings is 4. The zero-order valence-electron chi connectivity index (χ0n) is 31.1. The van der Waals surface area contributed by atoms with E-state index in [1.54, 1.807) is 42.3 Å². The summed E-state index contributed by atoms with van der Waals surface area (Å²) >= 11 is 12.9. The number of nitrogens with one attached hydrogen (secondary N) is 2. The van der Waals surface area contributed by atoms with Crippen molar-refractivity contribution in [1.82, 2.24) is 10.6 Å². The maximum atomic E-state index is 14.3. The van der Waals surface area contributed by atoms with Gasteiger partial charge in [0.15, 0.2) is 11.5 Å². The summed E-state index contributed by atoms with van der Waals surface area (Å²) < 4.78 is 33.2. The summed E-state index contributed by atoms with van der Waals surface area (Å²) in [6.07, 6.45) is 0.335. The van der Waals surface area contributed by atoms with E-state index in [9.17, 15) is 14.0 Å². The highest BCUT2D eigenvalue weighted by molar-refractivity contribution is 6.31. The second kappa shape index (κ2) is 20.2. The SMILES string of the molecule is COc1c(OCCCNCCCc2ccccc2Cl)cccc1[C@@H]1O[C@@H](CC(=O)NCc2ccccc2F)C(=O)N(CC(C)(C)C)c2ccc(Cl)cc21.Cl. The van der Waals surface area contributed by atoms with Crippen molar-refractivity contribution < 1.29 is 28.2 Å². The third kappa shape index (κ3) is 11.6. The average molecular weight is 801 g/mol. The smallest absolute Gasteiger partial charge is 0.256 e. The first kappa shape index (κ1) is 42.9. The summed E-state index contributed by atoms with van der Waals surface area (Å²) in [5.41, 5.74) is 3.10. The largest absolute Gasteiger partial charge is 0.492 e. The number of nitrogens with zero attached hydrogens (tertiary/aromatic N) is 1. The summed E-state index contributed by atoms with van der Waals surface area (Å²) in [6, 6.07) is 25.0. The number of para-hydroxylation sites is 1. The summed E-state index contributed by atoms with van der Waals surface area (Å²) in [4.78, 5) is 29.4. The number of carbonyl (C=O) groups excluding carboxylic acids is 2. The maximum absolute atomic E-state index is 14.3. The number of hydrogen-bond donors (Lipinski definition) is 2. The molecule has 4 aromatic rings. The van der Waals surface area contributed by atoms with Crippen molar-refractivity contribution >= 4 is 53.1 Å². The first-order valence-electron chi connectivity index (χ1n) is 18.0. The second-order valence-electron chi connectivity index (χ2n) is 14.3. The number of carbonyl (C=O) groups is 2. The number of rotatable bonds is 16. The minimum atomic E-state index is -1.17. The topological polar surface area (TPSA) is 89.1 Å². The van der Waals surface area contributed by atoms with Crippen LogP contribution in [0.1, 0.15) is 68.4 Å². The standard InChI is InChI=1S/C42H48Cl2FN3O5.ClH/c1-42(2,3)27-48-35-20-19-30(43)24-32(35)39(53-37(41(48)50)25-38(49)47-26-29-13-6-8-17-34(29)45)31-15-9-18-36(40(31)51-4)52-23-11-22-46-21-10-14-28-12-5-7-16-33(28)44;/h5-9,12-13,15-20,24,37,39,46H,10-11,14,21-23,25-27H2,1-4H3,(H,47,49);1H/t37-,39-;/m0./s1. The van der Waals surface area contributed by atoms with Crippen LogP contribution in [0.3, 0.4) is 0 Å². The molecule has 0 fully saturated rings. The molecular weight excluding hydrogens is 752 g/mol. The van der Waals surface area contributed by atoms with Crippen molar-refractivity contribution in [1.29, 1.82) is 0 Å². The quantitative estimate of drug-likeness (QED) is 0.110. The number of fused-ring (bicyclic) bond motifs is 1. The molecule has 4 aromatic carbocycles. The molecule has 0 spiro atoms. The molecule has 1 aliphatic rings. The normalized spacial score (nSPS) is 15.5. The average Bonchev–Trinajstić information content (AvgIpc) is 3.22. The lowest BCUT2D eigenvalue weighted by atomic mass is 9.94. The first-order chi connectivity index (χ1) is 25.4. The molecule has 2 N–H and O–H groups in total. The van der Waals surface area contributed by atoms with Crippen LogP contribution >= 0.6 is 35.6 Å². The molecule has 0 bridgehead atoms. The Morgan fingerprint density at radius 2 is 1.65 bits per heavy atom. The van der Waals surface area contributed by atoms with Gasteiger partial charge in [-0.3, -0.25) is 9.59 Å². The van der Waals surface area contributed by atoms with Gasteiger partial charge in [0.2, 0.25) is 5.91 Å². The summed E-state index contributed by atoms with van der Waals surface area (Å²) in [7, 11) is 1.56. The number of halogens is 4. The van der Waals surface area contributed by atoms with E-state index in [2.05, 4.69) is 16.7 Å². The third-order valence-corrected chi connectivity index (χ3v) is 9.45. The maximum Gasteiger partial charge on any atom is 0.256 e. The van der Waals surface area contributed by atoms with Gasteiger partial charge in [0.25, 0.3) is 5.91 Å². The van der Waals surface area contributed by atoms with Gasteiger partial charge >= 0.3 is 0 Å². The lowest BCUT2D eigenvalue weighted by Crippen LogP contribution is -2.45. The highest BCUT2D eigenvalue weighted by atomic mass is 35.5. The van der Waals surface area contributed by atoms with E-state index in [4.69, 9.17) is 37.4 Å². The number of anilines is 1. The molecule has 54 heavy (non-hydrogen) atoms. The van der Waals surface area contributed by atoms with Gasteiger partial charge in [0, 0.05) is 45.5 Å². The summed E-state index contributed by atoms with van der Waals surface area (Å²) in [5.74, 6) is -0.259. The van der Waals surface area contributed by atoms with E-state index in [1.165, 1.54) is 6.07 Å². The predicted molar refractivity (Wildman–Crippen MR) is 216 cm³/mol. The van der Waals surface area contributed by atoms with Crippen LogP contribution in [0.2, 0.25) is 10.0 Å². The van der Waals surface area contributed by atoms with Crippen LogP contribution in [0.25, 0.3) is 0 Å². The third-order valence-electron chi connectivity index (χ3n) is 8.85. The van der Waals surface area contributed by atoms with E-state index in [-0.39, 0.29) is 36.7 Å². The molecule has 0 saturated heterocycles. The molecule has 0 radical (unpaired) electrons. The Morgan fingerprint density at radius 3 is 2.37 bits per heavy atom. The molecule has 0 unspecified atom stereocenters. The molecule has 290 valence electrons. The Labute approximate surface area is 334 Å². The van der Waals surface area contributed by atoms with Crippen LogP contribution in [0, 0.1) is 11.2 Å². The molecule has 0 aromatic heterocycles. The molecule has 0 aliphatic carbocycles. The van der Waals surface area contributed by atoms with Crippen molar-refractivity contribution in [3.63, 3.8) is 0 Å². The molecule has 0 saturated carbocycles. The first-order valence-corrected chi connectivity index (χ1v) is 18.7. The fourth-order valence-electron chi connectivity index (χ4n) is 6.34. The second-order valence-corrected chi connectivity index (χ2v) is 15.1. The van der Waals surface area contributed by atoms with Gasteiger partial charge in [-0.1, -0.05) is 92.5 Å². The van der Waals surface area contributed by atoms with Crippen LogP contribution in [-0.4, -0.2) is 51.3 Å². The predicted octanol–water partition coefficient (Wildman–Crippen LogP) is 9.13. The molecule has 12 heteroatoms. The van der Waals surface area contributed by atoms with Crippen LogP contribution in [-0.2, 0) is 27.3 Å². The van der Waals surface area contributed by atoms with E-state index >= 15 is 0 Å². The van der Waals surface area contributed by atoms with Crippen LogP contribution in [0.15, 0.2) is 84.9 Å². The van der Waals surface area contributed by atoms with Gasteiger partial charge in [-0.05, 0) is 79.7 Å². The van der Waals surface area contributed by atoms with Crippen molar-refractivity contribution in [3.05, 3.63) is 123 Å². The fraction of sp³-hybridized carbons (Fsp3) is 0.381. The van der Waals surface area contributed by atoms with Gasteiger partial charge in [-0.2, -0.15) is 0 Å². The molecule has 2 atom stereocenters. The van der Waals surface area contributed by atoms with Crippen molar-refractivity contribution in [3.8, 4) is 11.5 Å². The number of amides is 2. The zero-order chi connectivity index (χ0) is 38.0. The Bertz CT molecular complexity index is 1870. The van der Waals surface area contributed by atoms with Crippen LogP contribution in [0.5, 0.6) is 11.5 Å². The molecule has 8 nitrogen and oxygen atoms in total. The molecular formula is C42H49Cl3FN3O5. The number of aryl methyl sites for hydroxylation is 1. The molecule has 2 amide bonds. The number of methoxy groups -OCH3 is 1. The van der Waals surface area contributed by atoms with Gasteiger partial charge in [-0.15, -0.1) is 12.4 Å². The molecule has 1 aliphatic heterocycles. The van der Waals surface area contributed by atoms with E-state index in [0.717, 1.165) is 42.9 Å². The van der Waals surface area contributed by atoms with Crippen LogP contribution in [0.4, 0.5) is 10.1 Å². The molecule has 5 rings (SSSR count). The Morgan fingerprint density at radius 1 is 0.926 bits per heavy atom. The van der Waals surface area contributed by atoms with E-state index < -0.39 is 23.9 Å². The summed E-state index contributed by atoms with van der Waals surface area (Å²) in [5, 5.41) is 7.48. The Kier molecular flexibility index (Phi) is 16.0. The Balaban J connectivity index is 0.00000650. The molecule has 1 heterocycles. The van der Waals surface area contributed by atoms with Gasteiger partial charge < -0.3 is 29.7 Å². The number of hydrogen-bond acceptors (Lipinski definition) is 6. The van der Waals surface area contributed by atoms with Crippen molar-refractivity contribution in [2.75, 3.05) is 38.3 Å². The monoisotopic (exact) mass is 799 g/mol. The lowest BCUT2D eigenvalue weighted by Gasteiger charge is -2.31. The minimum Gasteiger partial charge on any atom is -0.492 e. The van der Waals surface area contributed by atoms with Gasteiger partial charge in [0.1, 0.15) is 18.0 Å². The summed E-state index contributed by atoms with van der Waals surface area (Å²) in [6.45, 7) is 8.52. The highest BCUT2D eigenvalue weighted by Gasteiger charge is 2.40. The van der Waals surface area contributed by atoms with Crippen molar-refractivity contribution in [2.45, 2.75) is 65.2 Å². The Hall–Kier alpha value is -3.86. The van der Waals surface area contributed by atoms with E-state index in [1.807, 2.05) is 63.2 Å². The minimum absolute atomic E-state index is 0. The zero-order valence-corrected chi connectivity index (χ0v) is 33.5. The van der Waals surface area contributed by atoms with Crippen molar-refractivity contribution in [2.24, 2.45) is 5.41 Å². The fourth-order valence-corrected chi connectivity index (χ4v) is 6.75. The van der Waals surface area contributed by atoms with Crippen LogP contribution < -0.4 is 25.0 Å². The highest BCUT2D eigenvalue weighted by Crippen LogP contribution is 2.45. The van der Waals surface area contributed by atoms with Gasteiger partial charge in [-0.25, -0.2) is 4.39 Å². The van der Waals surface area contributed by atoms with E-state index in [0.29, 0.717) is 52.1 Å². The lowest BCUT2D eigenvalue weighted by molar-refractivity contribution is -0.138. The number of ether oxygens (including phenoxy) is 3.